The van der Waals surface area contributed by atoms with E-state index in [1.807, 2.05) is 19.9 Å². The van der Waals surface area contributed by atoms with E-state index in [9.17, 15) is 35.4 Å². The van der Waals surface area contributed by atoms with Gasteiger partial charge in [0.15, 0.2) is 0 Å². The van der Waals surface area contributed by atoms with Crippen LogP contribution in [-0.4, -0.2) is 78.8 Å². The Balaban J connectivity index is 4.77. The molecule has 0 rings (SSSR count). The number of rotatable bonds is 22. The quantitative estimate of drug-likeness (QED) is 0.0702. The minimum atomic E-state index is -1.15. The van der Waals surface area contributed by atoms with Crippen LogP contribution in [0.2, 0.25) is 0 Å². The van der Waals surface area contributed by atoms with E-state index in [0.717, 1.165) is 17.6 Å². The van der Waals surface area contributed by atoms with Gasteiger partial charge >= 0.3 is 5.97 Å². The van der Waals surface area contributed by atoms with Gasteiger partial charge in [0.25, 0.3) is 0 Å². The van der Waals surface area contributed by atoms with Crippen molar-refractivity contribution >= 4 is 5.97 Å². The van der Waals surface area contributed by atoms with Gasteiger partial charge in [-0.1, -0.05) is 89.6 Å². The molecular formula is C34H58O8. The molecule has 0 unspecified atom stereocenters. The lowest BCUT2D eigenvalue weighted by Gasteiger charge is -2.19. The molecule has 7 N–H and O–H groups in total. The third-order valence-electron chi connectivity index (χ3n) is 7.37. The van der Waals surface area contributed by atoms with Crippen molar-refractivity contribution in [2.75, 3.05) is 6.61 Å². The van der Waals surface area contributed by atoms with E-state index in [0.29, 0.717) is 17.8 Å². The van der Waals surface area contributed by atoms with Crippen molar-refractivity contribution in [2.45, 2.75) is 117 Å². The van der Waals surface area contributed by atoms with Crippen molar-refractivity contribution in [1.29, 1.82) is 0 Å². The molecule has 0 fully saturated rings. The van der Waals surface area contributed by atoms with Gasteiger partial charge in [0.2, 0.25) is 0 Å². The van der Waals surface area contributed by atoms with Crippen LogP contribution in [0.5, 0.6) is 0 Å². The Morgan fingerprint density at radius 3 is 1.88 bits per heavy atom. The maximum absolute atomic E-state index is 10.8. The van der Waals surface area contributed by atoms with Crippen LogP contribution in [0.4, 0.5) is 0 Å². The standard InChI is InChI=1S/C34H58O8/c1-7-23(2)16-24(3)17-25(4)18-28(22-35)19-27(6)34(42)26(5)14-15-30(37)12-8-10-29(36)11-9-13-31(38)20-32(39)21-33(40)41/h8-10,13-15,18-19,23-26,29-32,34-39,42H,7,11-12,16-17,20-22H2,1-6H3,(H,40,41)/b10-8+,13-9+,15-14+,27-19+,28-18-/t23-,24-,25+,26-,29-,30+,31-,32-,34+/m0/s1. The van der Waals surface area contributed by atoms with Gasteiger partial charge in [-0.15, -0.1) is 0 Å². The van der Waals surface area contributed by atoms with Crippen molar-refractivity contribution in [3.05, 3.63) is 59.8 Å². The summed E-state index contributed by atoms with van der Waals surface area (Å²) in [6.07, 6.45) is 12.2. The number of hydrogen-bond donors (Lipinski definition) is 7. The van der Waals surface area contributed by atoms with Gasteiger partial charge in [-0.3, -0.25) is 4.79 Å². The predicted molar refractivity (Wildman–Crippen MR) is 169 cm³/mol. The highest BCUT2D eigenvalue weighted by Crippen LogP contribution is 2.24. The molecule has 0 aliphatic carbocycles. The fraction of sp³-hybridized carbons (Fsp3) is 0.676. The molecule has 0 heterocycles. The molecule has 0 aliphatic heterocycles. The maximum Gasteiger partial charge on any atom is 0.305 e. The average molecular weight is 595 g/mol. The molecule has 0 bridgehead atoms. The molecule has 0 aromatic rings. The van der Waals surface area contributed by atoms with E-state index in [1.54, 1.807) is 24.3 Å². The normalized spacial score (nSPS) is 20.0. The smallest absolute Gasteiger partial charge is 0.305 e. The first-order chi connectivity index (χ1) is 19.7. The number of allylic oxidation sites excluding steroid dienone is 1. The highest BCUT2D eigenvalue weighted by atomic mass is 16.4. The zero-order valence-electron chi connectivity index (χ0n) is 26.5. The van der Waals surface area contributed by atoms with Crippen molar-refractivity contribution in [3.63, 3.8) is 0 Å². The second-order valence-corrected chi connectivity index (χ2v) is 12.1. The van der Waals surface area contributed by atoms with Crippen molar-refractivity contribution in [2.24, 2.45) is 23.7 Å². The Kier molecular flexibility index (Phi) is 21.4. The molecule has 8 nitrogen and oxygen atoms in total. The monoisotopic (exact) mass is 594 g/mol. The summed E-state index contributed by atoms with van der Waals surface area (Å²) in [5, 5.41) is 69.0. The van der Waals surface area contributed by atoms with Gasteiger partial charge in [-0.25, -0.2) is 0 Å². The van der Waals surface area contributed by atoms with Gasteiger partial charge in [-0.05, 0) is 61.5 Å². The molecule has 42 heavy (non-hydrogen) atoms. The maximum atomic E-state index is 10.8. The van der Waals surface area contributed by atoms with E-state index in [4.69, 9.17) is 5.11 Å². The highest BCUT2D eigenvalue weighted by Gasteiger charge is 2.16. The molecule has 0 radical (unpaired) electrons. The number of carboxylic acids is 1. The molecule has 0 spiro atoms. The minimum absolute atomic E-state index is 0.0957. The third-order valence-corrected chi connectivity index (χ3v) is 7.37. The Labute approximate surface area is 253 Å². The van der Waals surface area contributed by atoms with E-state index in [2.05, 4.69) is 33.8 Å². The van der Waals surface area contributed by atoms with E-state index >= 15 is 0 Å². The van der Waals surface area contributed by atoms with Gasteiger partial charge in [0, 0.05) is 12.3 Å². The lowest BCUT2D eigenvalue weighted by atomic mass is 9.87. The molecule has 242 valence electrons. The van der Waals surface area contributed by atoms with Crippen LogP contribution in [-0.2, 0) is 4.79 Å². The van der Waals surface area contributed by atoms with Gasteiger partial charge in [0.1, 0.15) is 0 Å². The van der Waals surface area contributed by atoms with Crippen LogP contribution in [0.15, 0.2) is 59.8 Å². The van der Waals surface area contributed by atoms with E-state index < -0.39 is 42.9 Å². The summed E-state index contributed by atoms with van der Waals surface area (Å²) in [5.74, 6) is 0.224. The molecule has 8 heteroatoms. The second kappa shape index (κ2) is 22.5. The molecule has 0 saturated carbocycles. The second-order valence-electron chi connectivity index (χ2n) is 12.1. The largest absolute Gasteiger partial charge is 0.481 e. The number of aliphatic carboxylic acids is 1. The fourth-order valence-corrected chi connectivity index (χ4v) is 4.92. The molecule has 9 atom stereocenters. The first-order valence-corrected chi connectivity index (χ1v) is 15.3. The number of carbonyl (C=O) groups is 1. The van der Waals surface area contributed by atoms with Gasteiger partial charge < -0.3 is 35.7 Å². The molecule has 0 amide bonds. The summed E-state index contributed by atoms with van der Waals surface area (Å²) in [6.45, 7) is 12.5. The zero-order chi connectivity index (χ0) is 32.2. The molecule has 0 aliphatic rings. The van der Waals surface area contributed by atoms with Crippen molar-refractivity contribution in [1.82, 2.24) is 0 Å². The Hall–Kier alpha value is -2.07. The predicted octanol–water partition coefficient (Wildman–Crippen LogP) is 4.70. The van der Waals surface area contributed by atoms with Crippen LogP contribution >= 0.6 is 0 Å². The zero-order valence-corrected chi connectivity index (χ0v) is 26.5. The van der Waals surface area contributed by atoms with Crippen LogP contribution in [0.25, 0.3) is 0 Å². The van der Waals surface area contributed by atoms with Crippen LogP contribution < -0.4 is 0 Å². The van der Waals surface area contributed by atoms with Gasteiger partial charge in [-0.2, -0.15) is 0 Å². The summed E-state index contributed by atoms with van der Waals surface area (Å²) >= 11 is 0. The van der Waals surface area contributed by atoms with Crippen LogP contribution in [0.3, 0.4) is 0 Å². The first-order valence-electron chi connectivity index (χ1n) is 15.3. The lowest BCUT2D eigenvalue weighted by molar-refractivity contribution is -0.139. The Morgan fingerprint density at radius 2 is 1.33 bits per heavy atom. The van der Waals surface area contributed by atoms with Gasteiger partial charge in [0.05, 0.1) is 43.5 Å². The number of hydrogen-bond acceptors (Lipinski definition) is 7. The number of aliphatic hydroxyl groups is 6. The van der Waals surface area contributed by atoms with Crippen molar-refractivity contribution in [3.8, 4) is 0 Å². The molecular weight excluding hydrogens is 536 g/mol. The lowest BCUT2D eigenvalue weighted by Crippen LogP contribution is -2.19. The average Bonchev–Trinajstić information content (AvgIpc) is 2.89. The van der Waals surface area contributed by atoms with E-state index in [1.165, 1.54) is 25.0 Å². The first kappa shape index (κ1) is 39.9. The topological polar surface area (TPSA) is 159 Å². The SMILES string of the molecule is CC[C@H](C)C[C@H](C)C[C@@H](C)/C=C(/C=C(\C)[C@H](O)[C@@H](C)/C=C/[C@H](O)C/C=C/[C@H](O)C/C=C/[C@H](O)C[C@H](O)CC(=O)O)CO. The Bertz CT molecular complexity index is 890. The number of carboxylic acid groups (broad SMARTS) is 1. The molecule has 0 aromatic carbocycles. The summed E-state index contributed by atoms with van der Waals surface area (Å²) < 4.78 is 0. The summed E-state index contributed by atoms with van der Waals surface area (Å²) in [4.78, 5) is 10.6. The van der Waals surface area contributed by atoms with Crippen LogP contribution in [0, 0.1) is 23.7 Å². The van der Waals surface area contributed by atoms with E-state index in [-0.39, 0.29) is 31.8 Å². The minimum Gasteiger partial charge on any atom is -0.481 e. The van der Waals surface area contributed by atoms with Crippen molar-refractivity contribution < 1.29 is 40.5 Å². The molecule has 0 saturated heterocycles. The molecule has 0 aromatic heterocycles. The fourth-order valence-electron chi connectivity index (χ4n) is 4.92. The third kappa shape index (κ3) is 19.9. The van der Waals surface area contributed by atoms with Crippen LogP contribution in [0.1, 0.15) is 86.5 Å². The summed E-state index contributed by atoms with van der Waals surface area (Å²) in [6, 6.07) is 0. The highest BCUT2D eigenvalue weighted by molar-refractivity contribution is 5.67. The Morgan fingerprint density at radius 1 is 0.762 bits per heavy atom. The summed E-state index contributed by atoms with van der Waals surface area (Å²) in [5.41, 5.74) is 1.52. The number of aliphatic hydroxyl groups excluding tert-OH is 6. The summed E-state index contributed by atoms with van der Waals surface area (Å²) in [7, 11) is 0.